The molecule has 0 radical (unpaired) electrons. The van der Waals surface area contributed by atoms with Crippen LogP contribution < -0.4 is 10.6 Å². The SMILES string of the molecule is CCC(CC)CNC(=NC)NCC1CCN(S(C)(=O)=O)CC1. The predicted molar refractivity (Wildman–Crippen MR) is 92.6 cm³/mol. The van der Waals surface area contributed by atoms with Crippen molar-refractivity contribution in [2.75, 3.05) is 39.5 Å². The van der Waals surface area contributed by atoms with E-state index in [0.29, 0.717) is 24.9 Å². The Morgan fingerprint density at radius 2 is 1.82 bits per heavy atom. The summed E-state index contributed by atoms with van der Waals surface area (Å²) in [6, 6.07) is 0. The van der Waals surface area contributed by atoms with Gasteiger partial charge in [-0.3, -0.25) is 4.99 Å². The first-order valence-corrected chi connectivity index (χ1v) is 10.1. The van der Waals surface area contributed by atoms with E-state index in [4.69, 9.17) is 0 Å². The van der Waals surface area contributed by atoms with Crippen LogP contribution in [0.4, 0.5) is 0 Å². The molecule has 6 nitrogen and oxygen atoms in total. The van der Waals surface area contributed by atoms with Crippen LogP contribution in [0.15, 0.2) is 4.99 Å². The van der Waals surface area contributed by atoms with Gasteiger partial charge in [-0.15, -0.1) is 0 Å². The smallest absolute Gasteiger partial charge is 0.211 e. The van der Waals surface area contributed by atoms with Gasteiger partial charge in [0.15, 0.2) is 5.96 Å². The predicted octanol–water partition coefficient (Wildman–Crippen LogP) is 1.26. The van der Waals surface area contributed by atoms with Crippen LogP contribution >= 0.6 is 0 Å². The fourth-order valence-corrected chi connectivity index (χ4v) is 3.60. The highest BCUT2D eigenvalue weighted by Gasteiger charge is 2.24. The van der Waals surface area contributed by atoms with E-state index in [1.165, 1.54) is 19.1 Å². The zero-order chi connectivity index (χ0) is 16.6. The molecular weight excluding hydrogens is 300 g/mol. The highest BCUT2D eigenvalue weighted by Crippen LogP contribution is 2.18. The maximum atomic E-state index is 11.5. The number of hydrogen-bond donors (Lipinski definition) is 2. The Morgan fingerprint density at radius 3 is 2.27 bits per heavy atom. The van der Waals surface area contributed by atoms with Crippen LogP contribution in [-0.4, -0.2) is 58.2 Å². The Hall–Kier alpha value is -0.820. The third-order valence-electron chi connectivity index (χ3n) is 4.54. The monoisotopic (exact) mass is 332 g/mol. The van der Waals surface area contributed by atoms with Gasteiger partial charge in [0.25, 0.3) is 0 Å². The summed E-state index contributed by atoms with van der Waals surface area (Å²) in [6.45, 7) is 7.47. The number of nitrogens with zero attached hydrogens (tertiary/aromatic N) is 2. The molecule has 1 aliphatic heterocycles. The van der Waals surface area contributed by atoms with E-state index in [1.54, 1.807) is 11.4 Å². The van der Waals surface area contributed by atoms with E-state index >= 15 is 0 Å². The standard InChI is InChI=1S/C15H32N4O2S/c1-5-13(6-2)11-17-15(16-3)18-12-14-7-9-19(10-8-14)22(4,20)21/h13-14H,5-12H2,1-4H3,(H2,16,17,18). The maximum absolute atomic E-state index is 11.5. The summed E-state index contributed by atoms with van der Waals surface area (Å²) >= 11 is 0. The molecule has 1 saturated heterocycles. The molecule has 0 aliphatic carbocycles. The minimum absolute atomic E-state index is 0.504. The molecule has 0 spiro atoms. The molecule has 0 aromatic heterocycles. The molecule has 0 unspecified atom stereocenters. The van der Waals surface area contributed by atoms with Crippen LogP contribution in [0.1, 0.15) is 39.5 Å². The first-order chi connectivity index (χ1) is 10.4. The van der Waals surface area contributed by atoms with Gasteiger partial charge in [-0.25, -0.2) is 12.7 Å². The van der Waals surface area contributed by atoms with Gasteiger partial charge in [0, 0.05) is 33.2 Å². The molecule has 1 rings (SSSR count). The molecule has 0 aromatic carbocycles. The number of hydrogen-bond acceptors (Lipinski definition) is 3. The van der Waals surface area contributed by atoms with E-state index < -0.39 is 10.0 Å². The topological polar surface area (TPSA) is 73.8 Å². The van der Waals surface area contributed by atoms with Crippen LogP contribution in [0.5, 0.6) is 0 Å². The van der Waals surface area contributed by atoms with Gasteiger partial charge in [0.1, 0.15) is 0 Å². The van der Waals surface area contributed by atoms with Crippen molar-refractivity contribution < 1.29 is 8.42 Å². The highest BCUT2D eigenvalue weighted by molar-refractivity contribution is 7.88. The Labute approximate surface area is 135 Å². The molecule has 22 heavy (non-hydrogen) atoms. The maximum Gasteiger partial charge on any atom is 0.211 e. The molecule has 0 saturated carbocycles. The number of guanidine groups is 1. The zero-order valence-corrected chi connectivity index (χ0v) is 15.2. The molecule has 1 heterocycles. The molecule has 0 atom stereocenters. The Kier molecular flexibility index (Phi) is 8.17. The summed E-state index contributed by atoms with van der Waals surface area (Å²) in [5.74, 6) is 2.03. The summed E-state index contributed by atoms with van der Waals surface area (Å²) in [5, 5.41) is 6.74. The Balaban J connectivity index is 2.30. The lowest BCUT2D eigenvalue weighted by molar-refractivity contribution is 0.274. The average Bonchev–Trinajstić information content (AvgIpc) is 2.50. The molecule has 0 aromatic rings. The minimum atomic E-state index is -3.03. The summed E-state index contributed by atoms with van der Waals surface area (Å²) in [5.41, 5.74) is 0. The second-order valence-corrected chi connectivity index (χ2v) is 8.10. The van der Waals surface area contributed by atoms with E-state index in [1.807, 2.05) is 0 Å². The van der Waals surface area contributed by atoms with Crippen LogP contribution in [0.25, 0.3) is 0 Å². The Bertz CT molecular complexity index is 438. The molecule has 7 heteroatoms. The zero-order valence-electron chi connectivity index (χ0n) is 14.4. The van der Waals surface area contributed by atoms with Crippen molar-refractivity contribution in [3.8, 4) is 0 Å². The Morgan fingerprint density at radius 1 is 1.23 bits per heavy atom. The van der Waals surface area contributed by atoms with Crippen molar-refractivity contribution >= 4 is 16.0 Å². The van der Waals surface area contributed by atoms with Crippen LogP contribution in [0.2, 0.25) is 0 Å². The van der Waals surface area contributed by atoms with E-state index in [2.05, 4.69) is 29.5 Å². The van der Waals surface area contributed by atoms with E-state index in [0.717, 1.165) is 31.9 Å². The van der Waals surface area contributed by atoms with Gasteiger partial charge < -0.3 is 10.6 Å². The van der Waals surface area contributed by atoms with Gasteiger partial charge >= 0.3 is 0 Å². The summed E-state index contributed by atoms with van der Waals surface area (Å²) < 4.78 is 24.6. The molecular formula is C15H32N4O2S. The van der Waals surface area contributed by atoms with Crippen molar-refractivity contribution in [1.29, 1.82) is 0 Å². The van der Waals surface area contributed by atoms with Crippen LogP contribution in [0, 0.1) is 11.8 Å². The fourth-order valence-electron chi connectivity index (χ4n) is 2.73. The van der Waals surface area contributed by atoms with Gasteiger partial charge in [-0.2, -0.15) is 0 Å². The number of rotatable bonds is 7. The van der Waals surface area contributed by atoms with Crippen LogP contribution in [-0.2, 0) is 10.0 Å². The largest absolute Gasteiger partial charge is 0.356 e. The molecule has 0 amide bonds. The van der Waals surface area contributed by atoms with Gasteiger partial charge in [-0.05, 0) is 24.7 Å². The average molecular weight is 333 g/mol. The van der Waals surface area contributed by atoms with E-state index in [-0.39, 0.29) is 0 Å². The third kappa shape index (κ3) is 6.52. The highest BCUT2D eigenvalue weighted by atomic mass is 32.2. The second-order valence-electron chi connectivity index (χ2n) is 6.12. The van der Waals surface area contributed by atoms with Crippen molar-refractivity contribution in [3.63, 3.8) is 0 Å². The first kappa shape index (κ1) is 19.2. The van der Waals surface area contributed by atoms with Gasteiger partial charge in [-0.1, -0.05) is 26.7 Å². The quantitative estimate of drug-likeness (QED) is 0.544. The molecule has 1 fully saturated rings. The molecule has 2 N–H and O–H groups in total. The first-order valence-electron chi connectivity index (χ1n) is 8.30. The lowest BCUT2D eigenvalue weighted by atomic mass is 9.98. The van der Waals surface area contributed by atoms with E-state index in [9.17, 15) is 8.42 Å². The number of piperidine rings is 1. The van der Waals surface area contributed by atoms with Crippen LogP contribution in [0.3, 0.4) is 0 Å². The number of nitrogens with one attached hydrogen (secondary N) is 2. The molecule has 1 aliphatic rings. The van der Waals surface area contributed by atoms with Gasteiger partial charge in [0.05, 0.1) is 6.26 Å². The fraction of sp³-hybridized carbons (Fsp3) is 0.933. The minimum Gasteiger partial charge on any atom is -0.356 e. The molecule has 0 bridgehead atoms. The lowest BCUT2D eigenvalue weighted by Gasteiger charge is -2.30. The molecule has 130 valence electrons. The number of aliphatic imine (C=N–C) groups is 1. The second kappa shape index (κ2) is 9.35. The summed E-state index contributed by atoms with van der Waals surface area (Å²) in [7, 11) is -1.25. The number of sulfonamides is 1. The van der Waals surface area contributed by atoms with Gasteiger partial charge in [0.2, 0.25) is 10.0 Å². The summed E-state index contributed by atoms with van der Waals surface area (Å²) in [6.07, 6.45) is 5.44. The van der Waals surface area contributed by atoms with Crippen molar-refractivity contribution in [2.45, 2.75) is 39.5 Å². The van der Waals surface area contributed by atoms with Crippen molar-refractivity contribution in [2.24, 2.45) is 16.8 Å². The van der Waals surface area contributed by atoms with Crippen molar-refractivity contribution in [1.82, 2.24) is 14.9 Å². The lowest BCUT2D eigenvalue weighted by Crippen LogP contribution is -2.44. The summed E-state index contributed by atoms with van der Waals surface area (Å²) in [4.78, 5) is 4.26. The normalized spacial score (nSPS) is 18.7. The third-order valence-corrected chi connectivity index (χ3v) is 5.84. The van der Waals surface area contributed by atoms with Crippen molar-refractivity contribution in [3.05, 3.63) is 0 Å².